The number of amides is 4. The van der Waals surface area contributed by atoms with Gasteiger partial charge < -0.3 is 22.1 Å². The molecule has 0 saturated carbocycles. The largest absolute Gasteiger partial charge is 0.369 e. The molecule has 0 aliphatic heterocycles. The fourth-order valence-electron chi connectivity index (χ4n) is 2.51. The van der Waals surface area contributed by atoms with Gasteiger partial charge in [0.05, 0.1) is 11.8 Å². The highest BCUT2D eigenvalue weighted by atomic mass is 32.1. The third kappa shape index (κ3) is 4.31. The van der Waals surface area contributed by atoms with Crippen LogP contribution in [0.4, 0.5) is 0 Å². The summed E-state index contributed by atoms with van der Waals surface area (Å²) >= 11 is 8.10. The highest BCUT2D eigenvalue weighted by molar-refractivity contribution is 7.80. The second-order valence-corrected chi connectivity index (χ2v) is 5.59. The first-order valence-corrected chi connectivity index (χ1v) is 8.38. The van der Waals surface area contributed by atoms with E-state index < -0.39 is 40.9 Å². The summed E-state index contributed by atoms with van der Waals surface area (Å²) in [7, 11) is 0. The topological polar surface area (TPSA) is 144 Å². The molecule has 2 unspecified atom stereocenters. The van der Waals surface area contributed by atoms with Crippen LogP contribution >= 0.6 is 25.3 Å². The molecule has 0 aliphatic rings. The van der Waals surface area contributed by atoms with Crippen LogP contribution < -0.4 is 22.1 Å². The lowest BCUT2D eigenvalue weighted by molar-refractivity contribution is -0.157. The van der Waals surface area contributed by atoms with Gasteiger partial charge in [0.15, 0.2) is 5.41 Å². The summed E-state index contributed by atoms with van der Waals surface area (Å²) in [4.78, 5) is 48.9. The zero-order chi connectivity index (χ0) is 18.2. The standard InChI is InChI=1S/C13H24N4O4S2/c1-3-16-9(18)7(5-22)13(11(14)20,12(15)21)8(6-23)10(19)17-4-2/h7-8,22-23H,3-6H2,1-2H3,(H2,14,20)(H2,15,21)(H,16,18)(H,17,19). The van der Waals surface area contributed by atoms with E-state index in [2.05, 4.69) is 35.9 Å². The van der Waals surface area contributed by atoms with E-state index in [1.165, 1.54) is 0 Å². The number of hydrogen-bond acceptors (Lipinski definition) is 6. The van der Waals surface area contributed by atoms with Crippen molar-refractivity contribution in [1.29, 1.82) is 0 Å². The molecular formula is C13H24N4O4S2. The molecule has 0 aliphatic carbocycles. The Morgan fingerprint density at radius 1 is 0.870 bits per heavy atom. The number of thiol groups is 2. The van der Waals surface area contributed by atoms with Gasteiger partial charge in [0.2, 0.25) is 23.6 Å². The summed E-state index contributed by atoms with van der Waals surface area (Å²) in [6, 6.07) is 0. The van der Waals surface area contributed by atoms with Crippen LogP contribution in [0.1, 0.15) is 13.8 Å². The van der Waals surface area contributed by atoms with Gasteiger partial charge in [0.1, 0.15) is 0 Å². The van der Waals surface area contributed by atoms with E-state index in [0.29, 0.717) is 0 Å². The Morgan fingerprint density at radius 3 is 1.35 bits per heavy atom. The molecule has 23 heavy (non-hydrogen) atoms. The molecule has 132 valence electrons. The van der Waals surface area contributed by atoms with Gasteiger partial charge in [-0.25, -0.2) is 0 Å². The number of carbonyl (C=O) groups is 4. The van der Waals surface area contributed by atoms with Crippen molar-refractivity contribution in [2.24, 2.45) is 28.7 Å². The minimum atomic E-state index is -2.22. The van der Waals surface area contributed by atoms with Crippen LogP contribution in [0, 0.1) is 17.3 Å². The molecule has 6 N–H and O–H groups in total. The number of rotatable bonds is 10. The Hall–Kier alpha value is -1.42. The summed E-state index contributed by atoms with van der Waals surface area (Å²) in [5.74, 6) is -6.53. The van der Waals surface area contributed by atoms with E-state index in [9.17, 15) is 19.2 Å². The molecule has 0 aromatic heterocycles. The maximum absolute atomic E-state index is 12.3. The first-order chi connectivity index (χ1) is 10.7. The Morgan fingerprint density at radius 2 is 1.17 bits per heavy atom. The van der Waals surface area contributed by atoms with E-state index in [1.807, 2.05) is 0 Å². The molecule has 0 heterocycles. The van der Waals surface area contributed by atoms with Crippen molar-refractivity contribution < 1.29 is 19.2 Å². The zero-order valence-corrected chi connectivity index (χ0v) is 15.0. The maximum Gasteiger partial charge on any atom is 0.234 e. The van der Waals surface area contributed by atoms with Gasteiger partial charge in [-0.1, -0.05) is 0 Å². The third-order valence-corrected chi connectivity index (χ3v) is 4.35. The van der Waals surface area contributed by atoms with Crippen molar-refractivity contribution in [3.8, 4) is 0 Å². The Bertz CT molecular complexity index is 431. The highest BCUT2D eigenvalue weighted by Crippen LogP contribution is 2.38. The number of carbonyl (C=O) groups excluding carboxylic acids is 4. The molecule has 0 spiro atoms. The van der Waals surface area contributed by atoms with Crippen molar-refractivity contribution in [2.75, 3.05) is 24.6 Å². The number of hydrogen-bond donors (Lipinski definition) is 6. The Labute approximate surface area is 146 Å². The Kier molecular flexibility index (Phi) is 9.06. The summed E-state index contributed by atoms with van der Waals surface area (Å²) in [5, 5.41) is 5.00. The quantitative estimate of drug-likeness (QED) is 0.203. The van der Waals surface area contributed by atoms with Crippen molar-refractivity contribution in [3.63, 3.8) is 0 Å². The second-order valence-electron chi connectivity index (χ2n) is 4.86. The van der Waals surface area contributed by atoms with E-state index >= 15 is 0 Å². The second kappa shape index (κ2) is 9.66. The molecule has 4 amide bonds. The van der Waals surface area contributed by atoms with E-state index in [0.717, 1.165) is 0 Å². The molecule has 0 bridgehead atoms. The average Bonchev–Trinajstić information content (AvgIpc) is 2.46. The first-order valence-electron chi connectivity index (χ1n) is 7.12. The normalized spacial score (nSPS) is 13.7. The molecule has 0 radical (unpaired) electrons. The molecule has 0 rings (SSSR count). The van der Waals surface area contributed by atoms with Crippen molar-refractivity contribution >= 4 is 48.9 Å². The lowest BCUT2D eigenvalue weighted by Gasteiger charge is -2.38. The van der Waals surface area contributed by atoms with Crippen LogP contribution in [-0.2, 0) is 19.2 Å². The molecule has 0 fully saturated rings. The molecule has 0 saturated heterocycles. The molecule has 10 heteroatoms. The average molecular weight is 364 g/mol. The fourth-order valence-corrected chi connectivity index (χ4v) is 3.42. The lowest BCUT2D eigenvalue weighted by atomic mass is 9.65. The number of nitrogens with one attached hydrogen (secondary N) is 2. The predicted octanol–water partition coefficient (Wildman–Crippen LogP) is -1.69. The lowest BCUT2D eigenvalue weighted by Crippen LogP contribution is -2.64. The number of primary amides is 2. The molecule has 2 atom stereocenters. The zero-order valence-electron chi connectivity index (χ0n) is 13.2. The molecular weight excluding hydrogens is 340 g/mol. The monoisotopic (exact) mass is 364 g/mol. The van der Waals surface area contributed by atoms with Gasteiger partial charge >= 0.3 is 0 Å². The van der Waals surface area contributed by atoms with E-state index in [4.69, 9.17) is 11.5 Å². The van der Waals surface area contributed by atoms with Crippen LogP contribution in [0.2, 0.25) is 0 Å². The van der Waals surface area contributed by atoms with Crippen molar-refractivity contribution in [1.82, 2.24) is 10.6 Å². The fraction of sp³-hybridized carbons (Fsp3) is 0.692. The molecule has 0 aromatic carbocycles. The van der Waals surface area contributed by atoms with Crippen LogP contribution in [0.3, 0.4) is 0 Å². The van der Waals surface area contributed by atoms with Gasteiger partial charge in [-0.05, 0) is 13.8 Å². The Balaban J connectivity index is 6.27. The van der Waals surface area contributed by atoms with Gasteiger partial charge in [0, 0.05) is 24.6 Å². The van der Waals surface area contributed by atoms with Crippen LogP contribution in [0.5, 0.6) is 0 Å². The van der Waals surface area contributed by atoms with Gasteiger partial charge in [-0.2, -0.15) is 25.3 Å². The SMILES string of the molecule is CCNC(=O)C(CS)C(C(N)=O)(C(N)=O)C(CS)C(=O)NCC. The summed E-state index contributed by atoms with van der Waals surface area (Å²) in [5.41, 5.74) is 8.63. The van der Waals surface area contributed by atoms with E-state index in [-0.39, 0.29) is 24.6 Å². The van der Waals surface area contributed by atoms with E-state index in [1.54, 1.807) is 13.8 Å². The first kappa shape index (κ1) is 21.6. The molecule has 0 aromatic rings. The third-order valence-electron chi connectivity index (χ3n) is 3.61. The smallest absolute Gasteiger partial charge is 0.234 e. The highest BCUT2D eigenvalue weighted by Gasteiger charge is 2.59. The molecule has 8 nitrogen and oxygen atoms in total. The van der Waals surface area contributed by atoms with Gasteiger partial charge in [-0.15, -0.1) is 0 Å². The van der Waals surface area contributed by atoms with Crippen molar-refractivity contribution in [2.45, 2.75) is 13.8 Å². The minimum absolute atomic E-state index is 0.193. The summed E-state index contributed by atoms with van der Waals surface area (Å²) in [6.45, 7) is 3.87. The van der Waals surface area contributed by atoms with Gasteiger partial charge in [0.25, 0.3) is 0 Å². The van der Waals surface area contributed by atoms with Crippen LogP contribution in [0.25, 0.3) is 0 Å². The summed E-state index contributed by atoms with van der Waals surface area (Å²) < 4.78 is 0. The minimum Gasteiger partial charge on any atom is -0.369 e. The summed E-state index contributed by atoms with van der Waals surface area (Å²) in [6.07, 6.45) is 0. The van der Waals surface area contributed by atoms with Crippen molar-refractivity contribution in [3.05, 3.63) is 0 Å². The predicted molar refractivity (Wildman–Crippen MR) is 92.9 cm³/mol. The number of nitrogens with two attached hydrogens (primary N) is 2. The van der Waals surface area contributed by atoms with Gasteiger partial charge in [-0.3, -0.25) is 19.2 Å². The van der Waals surface area contributed by atoms with Crippen LogP contribution in [-0.4, -0.2) is 48.2 Å². The maximum atomic E-state index is 12.3. The van der Waals surface area contributed by atoms with Crippen LogP contribution in [0.15, 0.2) is 0 Å².